The van der Waals surface area contributed by atoms with Crippen LogP contribution in [0.2, 0.25) is 0 Å². The van der Waals surface area contributed by atoms with Gasteiger partial charge >= 0.3 is 0 Å². The zero-order valence-electron chi connectivity index (χ0n) is 13.2. The summed E-state index contributed by atoms with van der Waals surface area (Å²) in [5.41, 5.74) is 6.24. The van der Waals surface area contributed by atoms with Crippen molar-refractivity contribution in [3.8, 4) is 0 Å². The predicted octanol–water partition coefficient (Wildman–Crippen LogP) is 2.02. The number of hydrogen-bond donors (Lipinski definition) is 1. The Balaban J connectivity index is 4.60. The van der Waals surface area contributed by atoms with Gasteiger partial charge in [-0.3, -0.25) is 4.90 Å². The predicted molar refractivity (Wildman–Crippen MR) is 77.3 cm³/mol. The van der Waals surface area contributed by atoms with E-state index in [1.165, 1.54) is 0 Å². The molecule has 0 saturated carbocycles. The maximum absolute atomic E-state index is 6.28. The van der Waals surface area contributed by atoms with Crippen LogP contribution in [0.25, 0.3) is 0 Å². The minimum Gasteiger partial charge on any atom is -0.325 e. The highest BCUT2D eigenvalue weighted by Gasteiger charge is 2.35. The summed E-state index contributed by atoms with van der Waals surface area (Å²) in [5, 5.41) is 0. The number of likely N-dealkylation sites (N-methyl/N-ethyl adjacent to an activating group) is 2. The second kappa shape index (κ2) is 6.17. The van der Waals surface area contributed by atoms with Crippen molar-refractivity contribution in [3.63, 3.8) is 0 Å². The van der Waals surface area contributed by atoms with Crippen LogP contribution in [0.3, 0.4) is 0 Å². The molecule has 0 amide bonds. The van der Waals surface area contributed by atoms with Crippen molar-refractivity contribution < 1.29 is 0 Å². The van der Waals surface area contributed by atoms with Gasteiger partial charge in [-0.25, -0.2) is 0 Å². The third-order valence-electron chi connectivity index (χ3n) is 4.00. The molecule has 0 rings (SSSR count). The lowest BCUT2D eigenvalue weighted by molar-refractivity contribution is 0.0820. The van der Waals surface area contributed by atoms with Gasteiger partial charge in [0.05, 0.1) is 0 Å². The van der Waals surface area contributed by atoms with Crippen LogP contribution in [0.5, 0.6) is 0 Å². The van der Waals surface area contributed by atoms with E-state index < -0.39 is 0 Å². The fraction of sp³-hybridized carbons (Fsp3) is 1.00. The standard InChI is InChI=1S/C14H33N3/c1-9-17(12(2)10-16(7)8)11-13(3,4)14(5,6)15/h12H,9-11,15H2,1-8H3. The van der Waals surface area contributed by atoms with E-state index in [0.29, 0.717) is 6.04 Å². The Bertz CT molecular complexity index is 216. The van der Waals surface area contributed by atoms with E-state index in [9.17, 15) is 0 Å². The largest absolute Gasteiger partial charge is 0.325 e. The molecule has 0 radical (unpaired) electrons. The topological polar surface area (TPSA) is 32.5 Å². The van der Waals surface area contributed by atoms with Crippen molar-refractivity contribution in [2.45, 2.75) is 53.1 Å². The van der Waals surface area contributed by atoms with Crippen LogP contribution in [0.15, 0.2) is 0 Å². The fourth-order valence-electron chi connectivity index (χ4n) is 1.93. The first-order valence-corrected chi connectivity index (χ1v) is 6.69. The van der Waals surface area contributed by atoms with Gasteiger partial charge in [-0.15, -0.1) is 0 Å². The summed E-state index contributed by atoms with van der Waals surface area (Å²) in [7, 11) is 4.25. The molecule has 0 aromatic rings. The van der Waals surface area contributed by atoms with E-state index >= 15 is 0 Å². The first-order chi connectivity index (χ1) is 7.51. The van der Waals surface area contributed by atoms with Gasteiger partial charge in [0.2, 0.25) is 0 Å². The molecule has 0 fully saturated rings. The maximum Gasteiger partial charge on any atom is 0.0194 e. The SMILES string of the molecule is CCN(CC(C)(C)C(C)(C)N)C(C)CN(C)C. The van der Waals surface area contributed by atoms with Crippen LogP contribution < -0.4 is 5.73 Å². The molecule has 0 spiro atoms. The third-order valence-corrected chi connectivity index (χ3v) is 4.00. The molecule has 0 bridgehead atoms. The molecule has 1 atom stereocenters. The molecule has 1 unspecified atom stereocenters. The van der Waals surface area contributed by atoms with Crippen molar-refractivity contribution in [2.75, 3.05) is 33.7 Å². The minimum absolute atomic E-state index is 0.115. The molecular formula is C14H33N3. The second-order valence-electron chi connectivity index (χ2n) is 6.78. The van der Waals surface area contributed by atoms with Gasteiger partial charge in [-0.2, -0.15) is 0 Å². The van der Waals surface area contributed by atoms with Gasteiger partial charge in [0.1, 0.15) is 0 Å². The molecule has 0 heterocycles. The van der Waals surface area contributed by atoms with Crippen LogP contribution in [-0.2, 0) is 0 Å². The van der Waals surface area contributed by atoms with Crippen LogP contribution in [0.4, 0.5) is 0 Å². The van der Waals surface area contributed by atoms with Crippen LogP contribution >= 0.6 is 0 Å². The Kier molecular flexibility index (Phi) is 6.12. The molecule has 0 aliphatic rings. The molecule has 0 aromatic carbocycles. The Morgan fingerprint density at radius 3 is 1.88 bits per heavy atom. The van der Waals surface area contributed by atoms with E-state index in [0.717, 1.165) is 19.6 Å². The van der Waals surface area contributed by atoms with Gasteiger partial charge in [-0.1, -0.05) is 20.8 Å². The summed E-state index contributed by atoms with van der Waals surface area (Å²) in [6, 6.07) is 0.566. The lowest BCUT2D eigenvalue weighted by Crippen LogP contribution is -2.55. The summed E-state index contributed by atoms with van der Waals surface area (Å²) >= 11 is 0. The summed E-state index contributed by atoms with van der Waals surface area (Å²) < 4.78 is 0. The molecule has 104 valence electrons. The molecule has 17 heavy (non-hydrogen) atoms. The van der Waals surface area contributed by atoms with Crippen molar-refractivity contribution in [1.82, 2.24) is 9.80 Å². The lowest BCUT2D eigenvalue weighted by atomic mass is 9.74. The molecular weight excluding hydrogens is 210 g/mol. The molecule has 3 nitrogen and oxygen atoms in total. The summed E-state index contributed by atoms with van der Waals surface area (Å²) in [6.07, 6.45) is 0. The van der Waals surface area contributed by atoms with Crippen LogP contribution in [0.1, 0.15) is 41.5 Å². The highest BCUT2D eigenvalue weighted by molar-refractivity contribution is 4.93. The zero-order chi connectivity index (χ0) is 13.9. The molecule has 0 aliphatic carbocycles. The van der Waals surface area contributed by atoms with Crippen molar-refractivity contribution in [1.29, 1.82) is 0 Å². The number of nitrogens with two attached hydrogens (primary N) is 1. The van der Waals surface area contributed by atoms with Gasteiger partial charge in [0.15, 0.2) is 0 Å². The molecule has 2 N–H and O–H groups in total. The van der Waals surface area contributed by atoms with Crippen LogP contribution in [-0.4, -0.2) is 55.1 Å². The van der Waals surface area contributed by atoms with Gasteiger partial charge in [0, 0.05) is 24.7 Å². The van der Waals surface area contributed by atoms with E-state index in [1.54, 1.807) is 0 Å². The monoisotopic (exact) mass is 243 g/mol. The third kappa shape index (κ3) is 5.36. The minimum atomic E-state index is -0.155. The highest BCUT2D eigenvalue weighted by Crippen LogP contribution is 2.29. The Labute approximate surface area is 108 Å². The Morgan fingerprint density at radius 1 is 1.12 bits per heavy atom. The van der Waals surface area contributed by atoms with Crippen LogP contribution in [0, 0.1) is 5.41 Å². The highest BCUT2D eigenvalue weighted by atomic mass is 15.2. The molecule has 0 aromatic heterocycles. The van der Waals surface area contributed by atoms with Gasteiger partial charge in [0.25, 0.3) is 0 Å². The molecule has 3 heteroatoms. The smallest absolute Gasteiger partial charge is 0.0194 e. The lowest BCUT2D eigenvalue weighted by Gasteiger charge is -2.44. The van der Waals surface area contributed by atoms with E-state index in [-0.39, 0.29) is 11.0 Å². The summed E-state index contributed by atoms with van der Waals surface area (Å²) in [4.78, 5) is 4.77. The zero-order valence-corrected chi connectivity index (χ0v) is 13.2. The van der Waals surface area contributed by atoms with E-state index in [1.807, 2.05) is 0 Å². The average molecular weight is 243 g/mol. The number of rotatable bonds is 7. The average Bonchev–Trinajstić information content (AvgIpc) is 2.10. The van der Waals surface area contributed by atoms with Gasteiger partial charge in [-0.05, 0) is 46.8 Å². The Hall–Kier alpha value is -0.120. The van der Waals surface area contributed by atoms with E-state index in [4.69, 9.17) is 5.73 Å². The molecule has 0 saturated heterocycles. The quantitative estimate of drug-likeness (QED) is 0.742. The number of hydrogen-bond acceptors (Lipinski definition) is 3. The van der Waals surface area contributed by atoms with Crippen molar-refractivity contribution in [2.24, 2.45) is 11.1 Å². The molecule has 0 aliphatic heterocycles. The Morgan fingerprint density at radius 2 is 1.59 bits per heavy atom. The first-order valence-electron chi connectivity index (χ1n) is 6.69. The van der Waals surface area contributed by atoms with Crippen molar-refractivity contribution >= 4 is 0 Å². The maximum atomic E-state index is 6.28. The van der Waals surface area contributed by atoms with Crippen molar-refractivity contribution in [3.05, 3.63) is 0 Å². The van der Waals surface area contributed by atoms with Gasteiger partial charge < -0.3 is 10.6 Å². The summed E-state index contributed by atoms with van der Waals surface area (Å²) in [6.45, 7) is 16.5. The summed E-state index contributed by atoms with van der Waals surface area (Å²) in [5.74, 6) is 0. The van der Waals surface area contributed by atoms with E-state index in [2.05, 4.69) is 65.4 Å². The fourth-order valence-corrected chi connectivity index (χ4v) is 1.93. The normalized spacial score (nSPS) is 15.7. The first kappa shape index (κ1) is 16.9. The number of nitrogens with zero attached hydrogens (tertiary/aromatic N) is 2. The second-order valence-corrected chi connectivity index (χ2v) is 6.78.